The first-order chi connectivity index (χ1) is 18.1. The Labute approximate surface area is 222 Å². The number of rotatable bonds is 8. The molecule has 4 nitrogen and oxygen atoms in total. The van der Waals surface area contributed by atoms with Crippen LogP contribution < -0.4 is 4.74 Å². The highest BCUT2D eigenvalue weighted by atomic mass is 16.5. The molecule has 0 N–H and O–H groups in total. The van der Waals surface area contributed by atoms with Gasteiger partial charge < -0.3 is 9.64 Å². The molecule has 0 amide bonds. The molecule has 2 aliphatic rings. The summed E-state index contributed by atoms with van der Waals surface area (Å²) in [6.07, 6.45) is 17.1. The van der Waals surface area contributed by atoms with Gasteiger partial charge in [-0.25, -0.2) is 0 Å². The van der Waals surface area contributed by atoms with E-state index in [1.165, 1.54) is 69.9 Å². The fourth-order valence-corrected chi connectivity index (χ4v) is 6.68. The molecule has 37 heavy (non-hydrogen) atoms. The molecule has 4 heteroatoms. The van der Waals surface area contributed by atoms with Crippen LogP contribution in [0, 0.1) is 12.8 Å². The maximum absolute atomic E-state index is 13.4. The van der Waals surface area contributed by atoms with Gasteiger partial charge in [0.05, 0.1) is 12.6 Å². The lowest BCUT2D eigenvalue weighted by Crippen LogP contribution is -2.42. The highest BCUT2D eigenvalue weighted by molar-refractivity contribution is 6.02. The van der Waals surface area contributed by atoms with Crippen molar-refractivity contribution in [3.05, 3.63) is 71.4 Å². The second kappa shape index (κ2) is 12.1. The topological polar surface area (TPSA) is 34.5 Å². The Bertz CT molecular complexity index is 1220. The van der Waals surface area contributed by atoms with Gasteiger partial charge in [0.1, 0.15) is 5.75 Å². The third-order valence-electron chi connectivity index (χ3n) is 8.71. The Morgan fingerprint density at radius 2 is 1.78 bits per heavy atom. The predicted molar refractivity (Wildman–Crippen MR) is 153 cm³/mol. The van der Waals surface area contributed by atoms with E-state index in [4.69, 9.17) is 4.74 Å². The van der Waals surface area contributed by atoms with Crippen LogP contribution in [0.4, 0.5) is 0 Å². The zero-order valence-electron chi connectivity index (χ0n) is 22.6. The Balaban J connectivity index is 1.39. The lowest BCUT2D eigenvalue weighted by molar-refractivity contribution is 0.0972. The maximum Gasteiger partial charge on any atom is 0.255 e. The summed E-state index contributed by atoms with van der Waals surface area (Å²) in [6, 6.07) is 16.8. The molecule has 1 saturated heterocycles. The Morgan fingerprint density at radius 1 is 1.00 bits per heavy atom. The van der Waals surface area contributed by atoms with Crippen LogP contribution in [0.5, 0.6) is 5.75 Å². The number of allylic oxidation sites excluding steroid dienone is 1. The summed E-state index contributed by atoms with van der Waals surface area (Å²) in [5.74, 6) is 1.75. The van der Waals surface area contributed by atoms with Crippen LogP contribution >= 0.6 is 0 Å². The van der Waals surface area contributed by atoms with E-state index in [0.29, 0.717) is 0 Å². The van der Waals surface area contributed by atoms with Gasteiger partial charge in [0, 0.05) is 29.7 Å². The van der Waals surface area contributed by atoms with Crippen molar-refractivity contribution < 1.29 is 9.53 Å². The predicted octanol–water partition coefficient (Wildman–Crippen LogP) is 7.68. The molecule has 1 saturated carbocycles. The number of methoxy groups -OCH3 is 1. The molecule has 1 aromatic heterocycles. The Hall–Kier alpha value is -2.85. The fraction of sp³-hybridized carbons (Fsp3) is 0.485. The zero-order chi connectivity index (χ0) is 25.6. The first kappa shape index (κ1) is 25.8. The number of carbonyl (C=O) groups excluding carboxylic acids is 1. The van der Waals surface area contributed by atoms with Crippen LogP contribution in [-0.4, -0.2) is 41.6 Å². The quantitative estimate of drug-likeness (QED) is 0.299. The number of piperidine rings is 1. The van der Waals surface area contributed by atoms with E-state index in [0.717, 1.165) is 52.8 Å². The van der Waals surface area contributed by atoms with E-state index < -0.39 is 0 Å². The van der Waals surface area contributed by atoms with Crippen LogP contribution in [0.2, 0.25) is 0 Å². The van der Waals surface area contributed by atoms with Crippen LogP contribution in [0.15, 0.2) is 54.6 Å². The Kier molecular flexibility index (Phi) is 8.45. The molecular formula is C33H42N2O2. The molecule has 1 atom stereocenters. The van der Waals surface area contributed by atoms with Crippen LogP contribution in [0.1, 0.15) is 79.4 Å². The number of hydrogen-bond acceptors (Lipinski definition) is 3. The van der Waals surface area contributed by atoms with Crippen LogP contribution in [0.25, 0.3) is 17.0 Å². The molecule has 196 valence electrons. The first-order valence-electron chi connectivity index (χ1n) is 14.3. The minimum absolute atomic E-state index is 0.00378. The van der Waals surface area contributed by atoms with E-state index in [1.807, 2.05) is 53.1 Å². The van der Waals surface area contributed by atoms with Gasteiger partial charge in [-0.3, -0.25) is 9.36 Å². The zero-order valence-corrected chi connectivity index (χ0v) is 22.6. The van der Waals surface area contributed by atoms with Crippen molar-refractivity contribution in [2.24, 2.45) is 5.92 Å². The fourth-order valence-electron chi connectivity index (χ4n) is 6.68. The van der Waals surface area contributed by atoms with E-state index in [-0.39, 0.29) is 5.91 Å². The number of likely N-dealkylation sites (tertiary alicyclic amines) is 1. The first-order valence-corrected chi connectivity index (χ1v) is 14.3. The molecule has 2 heterocycles. The largest absolute Gasteiger partial charge is 0.497 e. The maximum atomic E-state index is 13.4. The van der Waals surface area contributed by atoms with Gasteiger partial charge in [0.2, 0.25) is 0 Å². The second-order valence-electron chi connectivity index (χ2n) is 11.0. The molecule has 1 aliphatic carbocycles. The van der Waals surface area contributed by atoms with Gasteiger partial charge in [0.15, 0.2) is 0 Å². The lowest BCUT2D eigenvalue weighted by atomic mass is 9.82. The second-order valence-corrected chi connectivity index (χ2v) is 11.0. The molecule has 2 aromatic carbocycles. The molecule has 2 fully saturated rings. The summed E-state index contributed by atoms with van der Waals surface area (Å²) in [7, 11) is 1.71. The summed E-state index contributed by atoms with van der Waals surface area (Å²) in [6.45, 7) is 4.37. The van der Waals surface area contributed by atoms with Crippen molar-refractivity contribution in [2.75, 3.05) is 20.2 Å². The minimum Gasteiger partial charge on any atom is -0.497 e. The Morgan fingerprint density at radius 3 is 2.57 bits per heavy atom. The number of fused-ring (bicyclic) bond motifs is 1. The number of benzene rings is 2. The number of aromatic nitrogens is 1. The third kappa shape index (κ3) is 6.01. The van der Waals surface area contributed by atoms with Gasteiger partial charge in [-0.2, -0.15) is 0 Å². The monoisotopic (exact) mass is 498 g/mol. The molecule has 0 bridgehead atoms. The third-order valence-corrected chi connectivity index (χ3v) is 8.71. The number of hydrogen-bond donors (Lipinski definition) is 0. The SMILES string of the molecule is COc1ccc2c(c1)c(CCN1CCCCC1CC1CCCCC1)c(C)n2C(=O)/C=C/c1ccccc1. The van der Waals surface area contributed by atoms with Crippen molar-refractivity contribution in [3.8, 4) is 5.75 Å². The van der Waals surface area contributed by atoms with Crippen LogP contribution in [-0.2, 0) is 6.42 Å². The summed E-state index contributed by atoms with van der Waals surface area (Å²) < 4.78 is 7.46. The molecule has 1 unspecified atom stereocenters. The number of ether oxygens (including phenoxy) is 1. The van der Waals surface area contributed by atoms with Gasteiger partial charge in [-0.05, 0) is 80.5 Å². The number of carbonyl (C=O) groups is 1. The van der Waals surface area contributed by atoms with Crippen molar-refractivity contribution in [1.29, 1.82) is 0 Å². The molecule has 5 rings (SSSR count). The average Bonchev–Trinajstić information content (AvgIpc) is 3.22. The van der Waals surface area contributed by atoms with Crippen LogP contribution in [0.3, 0.4) is 0 Å². The minimum atomic E-state index is -0.00378. The van der Waals surface area contributed by atoms with Gasteiger partial charge in [-0.1, -0.05) is 68.9 Å². The highest BCUT2D eigenvalue weighted by Gasteiger charge is 2.27. The van der Waals surface area contributed by atoms with E-state index in [9.17, 15) is 4.79 Å². The van der Waals surface area contributed by atoms with E-state index >= 15 is 0 Å². The van der Waals surface area contributed by atoms with Crippen molar-refractivity contribution in [2.45, 2.75) is 77.2 Å². The van der Waals surface area contributed by atoms with Gasteiger partial charge in [0.25, 0.3) is 5.91 Å². The van der Waals surface area contributed by atoms with Crippen molar-refractivity contribution in [1.82, 2.24) is 9.47 Å². The summed E-state index contributed by atoms with van der Waals surface area (Å²) in [5, 5.41) is 1.14. The normalized spacial score (nSPS) is 19.6. The molecule has 0 spiro atoms. The average molecular weight is 499 g/mol. The van der Waals surface area contributed by atoms with Crippen molar-refractivity contribution >= 4 is 22.9 Å². The molecule has 3 aromatic rings. The van der Waals surface area contributed by atoms with Crippen molar-refractivity contribution in [3.63, 3.8) is 0 Å². The highest BCUT2D eigenvalue weighted by Crippen LogP contribution is 2.33. The standard InChI is InChI=1S/C33H42N2O2/c1-25-30(20-22-34-21-10-9-15-28(34)23-27-13-7-4-8-14-27)31-24-29(37-2)17-18-32(31)35(25)33(36)19-16-26-11-5-3-6-12-26/h3,5-6,11-12,16-19,24,27-28H,4,7-10,13-15,20-23H2,1-2H3/b19-16+. The molecule has 0 radical (unpaired) electrons. The van der Waals surface area contributed by atoms with Gasteiger partial charge in [-0.15, -0.1) is 0 Å². The summed E-state index contributed by atoms with van der Waals surface area (Å²) in [5.41, 5.74) is 4.32. The molecular weight excluding hydrogens is 456 g/mol. The molecule has 1 aliphatic heterocycles. The van der Waals surface area contributed by atoms with Gasteiger partial charge >= 0.3 is 0 Å². The van der Waals surface area contributed by atoms with E-state index in [1.54, 1.807) is 13.2 Å². The lowest BCUT2D eigenvalue weighted by Gasteiger charge is -2.38. The van der Waals surface area contributed by atoms with E-state index in [2.05, 4.69) is 17.9 Å². The summed E-state index contributed by atoms with van der Waals surface area (Å²) >= 11 is 0. The smallest absolute Gasteiger partial charge is 0.255 e. The summed E-state index contributed by atoms with van der Waals surface area (Å²) in [4.78, 5) is 16.2. The number of nitrogens with zero attached hydrogens (tertiary/aromatic N) is 2.